The Hall–Kier alpha value is -8.38. The summed E-state index contributed by atoms with van der Waals surface area (Å²) in [6.07, 6.45) is 0. The smallest absolute Gasteiger partial charge is 0.179 e. The normalized spacial score (nSPS) is 12.3. The molecular weight excluding hydrogens is 809 g/mol. The molecule has 304 valence electrons. The average Bonchev–Trinajstić information content (AvgIpc) is 4.13. The summed E-state index contributed by atoms with van der Waals surface area (Å²) in [6, 6.07) is 84.5. The Labute approximate surface area is 374 Å². The van der Waals surface area contributed by atoms with Crippen LogP contribution in [0, 0.1) is 0 Å². The van der Waals surface area contributed by atoms with Gasteiger partial charge in [-0.15, -0.1) is 0 Å². The van der Waals surface area contributed by atoms with Gasteiger partial charge in [-0.25, -0.2) is 0 Å². The monoisotopic (exact) mass is 846 g/mol. The zero-order valence-corrected chi connectivity index (χ0v) is 36.2. The van der Waals surface area contributed by atoms with Gasteiger partial charge in [0.05, 0.1) is 44.2 Å². The van der Waals surface area contributed by atoms with Gasteiger partial charge in [0.25, 0.3) is 0 Å². The fourth-order valence-electron chi connectivity index (χ4n) is 11.2. The van der Waals surface area contributed by atoms with E-state index in [2.05, 4.69) is 228 Å². The van der Waals surface area contributed by atoms with Gasteiger partial charge in [-0.05, 0) is 81.4 Å². The van der Waals surface area contributed by atoms with Gasteiger partial charge in [0.1, 0.15) is 22.3 Å². The fourth-order valence-corrected chi connectivity index (χ4v) is 16.0. The Morgan fingerprint density at radius 2 is 0.631 bits per heavy atom. The van der Waals surface area contributed by atoms with Crippen LogP contribution < -0.4 is 20.7 Å². The highest BCUT2D eigenvalue weighted by Crippen LogP contribution is 2.40. The molecule has 0 spiro atoms. The molecule has 0 amide bonds. The molecule has 0 radical (unpaired) electrons. The number of hydrogen-bond acceptors (Lipinski definition) is 2. The minimum Gasteiger partial charge on any atom is -0.456 e. The van der Waals surface area contributed by atoms with Gasteiger partial charge in [-0.1, -0.05) is 170 Å². The highest BCUT2D eigenvalue weighted by Gasteiger charge is 2.42. The van der Waals surface area contributed by atoms with Crippen LogP contribution in [0.25, 0.3) is 98.9 Å². The van der Waals surface area contributed by atoms with Crippen LogP contribution in [0.15, 0.2) is 239 Å². The molecule has 10 aromatic carbocycles. The number of para-hydroxylation sites is 4. The van der Waals surface area contributed by atoms with Gasteiger partial charge in [-0.2, -0.15) is 0 Å². The lowest BCUT2D eigenvalue weighted by molar-refractivity contribution is 0.668. The lowest BCUT2D eigenvalue weighted by Crippen LogP contribution is -2.74. The van der Waals surface area contributed by atoms with Crippen molar-refractivity contribution in [2.45, 2.75) is 0 Å². The van der Waals surface area contributed by atoms with Crippen molar-refractivity contribution in [2.24, 2.45) is 0 Å². The molecule has 14 rings (SSSR count). The third kappa shape index (κ3) is 5.07. The van der Waals surface area contributed by atoms with Crippen LogP contribution in [0.3, 0.4) is 0 Å². The molecule has 4 heterocycles. The maximum atomic E-state index is 6.43. The average molecular weight is 847 g/mol. The van der Waals surface area contributed by atoms with Gasteiger partial charge < -0.3 is 18.0 Å². The van der Waals surface area contributed by atoms with Crippen LogP contribution in [0.2, 0.25) is 0 Å². The topological polar surface area (TPSA) is 36.1 Å². The Morgan fingerprint density at radius 1 is 0.262 bits per heavy atom. The van der Waals surface area contributed by atoms with Gasteiger partial charge in [0.2, 0.25) is 0 Å². The number of aromatic nitrogens is 2. The molecule has 0 aliphatic rings. The van der Waals surface area contributed by atoms with Gasteiger partial charge in [0, 0.05) is 32.3 Å². The second-order valence-electron chi connectivity index (χ2n) is 17.1. The zero-order valence-electron chi connectivity index (χ0n) is 35.2. The number of fused-ring (bicyclic) bond motifs is 12. The van der Waals surface area contributed by atoms with Gasteiger partial charge >= 0.3 is 0 Å². The maximum absolute atomic E-state index is 6.43. The van der Waals surface area contributed by atoms with E-state index in [9.17, 15) is 0 Å². The van der Waals surface area contributed by atoms with E-state index in [1.54, 1.807) is 0 Å². The molecule has 4 nitrogen and oxygen atoms in total. The van der Waals surface area contributed by atoms with E-state index in [0.717, 1.165) is 66.3 Å². The second-order valence-corrected chi connectivity index (χ2v) is 21.0. The maximum Gasteiger partial charge on any atom is 0.179 e. The number of furan rings is 2. The molecule has 0 aliphatic heterocycles. The lowest BCUT2D eigenvalue weighted by atomic mass is 10.1. The SMILES string of the molecule is c1ccc([Si](c2ccccc2)(c2ccc3c(c2)c2ccccc2n3-c2cccc3oc4ccccc4c23)c2ccc3c(c2)c2ccccc2n3-c2cccc3oc4ccccc4c23)cc1. The van der Waals surface area contributed by atoms with E-state index < -0.39 is 8.07 Å². The van der Waals surface area contributed by atoms with Gasteiger partial charge in [-0.3, -0.25) is 0 Å². The summed E-state index contributed by atoms with van der Waals surface area (Å²) in [5, 5.41) is 14.7. The van der Waals surface area contributed by atoms with Crippen molar-refractivity contribution in [3.05, 3.63) is 231 Å². The first kappa shape index (κ1) is 36.1. The molecule has 0 bridgehead atoms. The quantitative estimate of drug-likeness (QED) is 0.123. The Bertz CT molecular complexity index is 3920. The van der Waals surface area contributed by atoms with E-state index in [1.807, 2.05) is 12.1 Å². The number of rotatable bonds is 6. The van der Waals surface area contributed by atoms with Crippen LogP contribution in [0.1, 0.15) is 0 Å². The van der Waals surface area contributed by atoms with Crippen molar-refractivity contribution in [3.63, 3.8) is 0 Å². The van der Waals surface area contributed by atoms with Crippen molar-refractivity contribution in [1.82, 2.24) is 9.13 Å². The van der Waals surface area contributed by atoms with E-state index in [4.69, 9.17) is 8.83 Å². The van der Waals surface area contributed by atoms with Crippen molar-refractivity contribution in [1.29, 1.82) is 0 Å². The first-order valence-electron chi connectivity index (χ1n) is 22.3. The molecule has 65 heavy (non-hydrogen) atoms. The van der Waals surface area contributed by atoms with Crippen LogP contribution >= 0.6 is 0 Å². The molecule has 0 unspecified atom stereocenters. The first-order valence-corrected chi connectivity index (χ1v) is 24.3. The van der Waals surface area contributed by atoms with Crippen LogP contribution in [-0.2, 0) is 0 Å². The lowest BCUT2D eigenvalue weighted by Gasteiger charge is -2.34. The molecule has 0 aliphatic carbocycles. The molecule has 0 N–H and O–H groups in total. The van der Waals surface area contributed by atoms with E-state index >= 15 is 0 Å². The first-order chi connectivity index (χ1) is 32.3. The van der Waals surface area contributed by atoms with E-state index in [1.165, 1.54) is 53.3 Å². The van der Waals surface area contributed by atoms with Crippen molar-refractivity contribution < 1.29 is 8.83 Å². The standard InChI is InChI=1S/C60H38N2O2Si/c1-3-17-39(18-4-1)65(40-19-5-2-6-20-40,41-33-35-51-47(37-41)43-21-7-11-25-49(43)61(51)53-27-15-31-57-59(53)45-23-9-13-29-55(45)63-57)42-34-36-52-48(38-42)44-22-8-12-26-50(44)62(52)54-28-16-32-58-60(54)46-24-10-14-30-56(46)64-58/h1-38H. The van der Waals surface area contributed by atoms with E-state index in [-0.39, 0.29) is 0 Å². The zero-order chi connectivity index (χ0) is 42.6. The summed E-state index contributed by atoms with van der Waals surface area (Å²) in [4.78, 5) is 0. The Morgan fingerprint density at radius 3 is 1.09 bits per heavy atom. The van der Waals surface area contributed by atoms with E-state index in [0.29, 0.717) is 0 Å². The molecular formula is C60H38N2O2Si. The van der Waals surface area contributed by atoms with Crippen molar-refractivity contribution >= 4 is 116 Å². The molecule has 14 aromatic rings. The highest BCUT2D eigenvalue weighted by atomic mass is 28.3. The van der Waals surface area contributed by atoms with Crippen LogP contribution in [0.4, 0.5) is 0 Å². The third-order valence-corrected chi connectivity index (χ3v) is 18.6. The van der Waals surface area contributed by atoms with Crippen molar-refractivity contribution in [3.8, 4) is 11.4 Å². The summed E-state index contributed by atoms with van der Waals surface area (Å²) in [5.41, 5.74) is 10.4. The Kier molecular flexibility index (Phi) is 7.68. The molecule has 0 fully saturated rings. The minimum atomic E-state index is -3.04. The molecule has 0 saturated carbocycles. The van der Waals surface area contributed by atoms with Gasteiger partial charge in [0.15, 0.2) is 8.07 Å². The molecule has 0 atom stereocenters. The molecule has 4 aromatic heterocycles. The van der Waals surface area contributed by atoms with Crippen molar-refractivity contribution in [2.75, 3.05) is 0 Å². The number of hydrogen-bond donors (Lipinski definition) is 0. The summed E-state index contributed by atoms with van der Waals surface area (Å²) < 4.78 is 17.7. The summed E-state index contributed by atoms with van der Waals surface area (Å²) in [7, 11) is -3.04. The second kappa shape index (κ2) is 13.8. The summed E-state index contributed by atoms with van der Waals surface area (Å²) >= 11 is 0. The molecule has 5 heteroatoms. The minimum absolute atomic E-state index is 0.886. The third-order valence-electron chi connectivity index (χ3n) is 13.9. The summed E-state index contributed by atoms with van der Waals surface area (Å²) in [5.74, 6) is 0. The fraction of sp³-hybridized carbons (Fsp3) is 0. The highest BCUT2D eigenvalue weighted by molar-refractivity contribution is 7.20. The summed E-state index contributed by atoms with van der Waals surface area (Å²) in [6.45, 7) is 0. The van der Waals surface area contributed by atoms with Crippen LogP contribution in [-0.4, -0.2) is 17.2 Å². The number of nitrogens with zero attached hydrogens (tertiary/aromatic N) is 2. The largest absolute Gasteiger partial charge is 0.456 e. The predicted octanol–water partition coefficient (Wildman–Crippen LogP) is 13.1. The molecule has 0 saturated heterocycles. The predicted molar refractivity (Wildman–Crippen MR) is 273 cm³/mol. The van der Waals surface area contributed by atoms with Crippen LogP contribution in [0.5, 0.6) is 0 Å². The Balaban J connectivity index is 1.07. The number of benzene rings is 10.